The number of amides is 2. The lowest BCUT2D eigenvalue weighted by atomic mass is 10.1. The molecule has 2 amide bonds. The van der Waals surface area contributed by atoms with Crippen LogP contribution < -0.4 is 9.62 Å². The zero-order valence-corrected chi connectivity index (χ0v) is 23.1. The van der Waals surface area contributed by atoms with Gasteiger partial charge in [0.2, 0.25) is 21.8 Å². The Morgan fingerprint density at radius 1 is 1.11 bits per heavy atom. The summed E-state index contributed by atoms with van der Waals surface area (Å²) in [7, 11) is -4.20. The van der Waals surface area contributed by atoms with E-state index in [2.05, 4.69) is 21.2 Å². The van der Waals surface area contributed by atoms with Crippen molar-refractivity contribution in [1.82, 2.24) is 10.2 Å². The second-order valence-corrected chi connectivity index (χ2v) is 11.7. The first-order valence-electron chi connectivity index (χ1n) is 10.7. The number of hydrogen-bond acceptors (Lipinski definition) is 4. The van der Waals surface area contributed by atoms with Gasteiger partial charge in [0.25, 0.3) is 0 Å². The predicted octanol–water partition coefficient (Wildman–Crippen LogP) is 4.83. The fraction of sp³-hybridized carbons (Fsp3) is 0.391. The number of carbonyl (C=O) groups excluding carboxylic acids is 2. The van der Waals surface area contributed by atoms with Crippen molar-refractivity contribution in [2.75, 3.05) is 17.1 Å². The van der Waals surface area contributed by atoms with Gasteiger partial charge in [-0.25, -0.2) is 8.42 Å². The van der Waals surface area contributed by atoms with Gasteiger partial charge >= 0.3 is 6.18 Å². The number of anilines is 1. The van der Waals surface area contributed by atoms with Crippen molar-refractivity contribution in [3.8, 4) is 0 Å². The SMILES string of the molecule is CC(C)NC(=O)[C@H](C)N(Cc1cccc(Br)c1)C(=O)CN(c1ccc(Cl)c(C(F)(F)F)c1)S(C)(=O)=O. The molecule has 1 atom stereocenters. The Kier molecular flexibility index (Phi) is 9.83. The zero-order valence-electron chi connectivity index (χ0n) is 19.9. The Hall–Kier alpha value is -2.31. The Morgan fingerprint density at radius 3 is 2.28 bits per heavy atom. The minimum absolute atomic E-state index is 0.0447. The van der Waals surface area contributed by atoms with E-state index in [9.17, 15) is 31.2 Å². The van der Waals surface area contributed by atoms with Gasteiger partial charge in [0.1, 0.15) is 12.6 Å². The highest BCUT2D eigenvalue weighted by molar-refractivity contribution is 9.10. The molecule has 198 valence electrons. The number of halogens is 5. The summed E-state index contributed by atoms with van der Waals surface area (Å²) in [4.78, 5) is 27.3. The molecule has 0 fully saturated rings. The number of nitrogens with one attached hydrogen (secondary N) is 1. The first kappa shape index (κ1) is 29.9. The van der Waals surface area contributed by atoms with Crippen molar-refractivity contribution < 1.29 is 31.2 Å². The number of sulfonamides is 1. The molecule has 7 nitrogen and oxygen atoms in total. The minimum Gasteiger partial charge on any atom is -0.352 e. The third kappa shape index (κ3) is 8.10. The van der Waals surface area contributed by atoms with Crippen LogP contribution in [0.5, 0.6) is 0 Å². The Labute approximate surface area is 221 Å². The van der Waals surface area contributed by atoms with Gasteiger partial charge in [-0.3, -0.25) is 13.9 Å². The molecule has 0 unspecified atom stereocenters. The first-order chi connectivity index (χ1) is 16.5. The van der Waals surface area contributed by atoms with Crippen molar-refractivity contribution in [2.45, 2.75) is 45.6 Å². The second-order valence-electron chi connectivity index (χ2n) is 8.42. The second kappa shape index (κ2) is 11.8. The van der Waals surface area contributed by atoms with Gasteiger partial charge in [-0.2, -0.15) is 13.2 Å². The van der Waals surface area contributed by atoms with E-state index in [-0.39, 0.29) is 18.3 Å². The Balaban J connectivity index is 2.48. The largest absolute Gasteiger partial charge is 0.417 e. The van der Waals surface area contributed by atoms with Crippen molar-refractivity contribution >= 4 is 55.1 Å². The summed E-state index contributed by atoms with van der Waals surface area (Å²) >= 11 is 9.01. The summed E-state index contributed by atoms with van der Waals surface area (Å²) in [6.07, 6.45) is -4.06. The van der Waals surface area contributed by atoms with Crippen LogP contribution in [0.4, 0.5) is 18.9 Å². The fourth-order valence-electron chi connectivity index (χ4n) is 3.32. The topological polar surface area (TPSA) is 86.8 Å². The van der Waals surface area contributed by atoms with E-state index >= 15 is 0 Å². The predicted molar refractivity (Wildman–Crippen MR) is 136 cm³/mol. The molecule has 2 rings (SSSR count). The van der Waals surface area contributed by atoms with E-state index in [4.69, 9.17) is 11.6 Å². The van der Waals surface area contributed by atoms with E-state index < -0.39 is 51.2 Å². The highest BCUT2D eigenvalue weighted by atomic mass is 79.9. The van der Waals surface area contributed by atoms with Crippen LogP contribution in [0.2, 0.25) is 5.02 Å². The maximum Gasteiger partial charge on any atom is 0.417 e. The smallest absolute Gasteiger partial charge is 0.352 e. The summed E-state index contributed by atoms with van der Waals surface area (Å²) in [5.41, 5.74) is -0.971. The normalized spacial score (nSPS) is 12.8. The van der Waals surface area contributed by atoms with Gasteiger partial charge in [-0.1, -0.05) is 39.7 Å². The van der Waals surface area contributed by atoms with Gasteiger partial charge in [0.15, 0.2) is 0 Å². The monoisotopic (exact) mass is 611 g/mol. The van der Waals surface area contributed by atoms with Gasteiger partial charge < -0.3 is 10.2 Å². The van der Waals surface area contributed by atoms with Crippen LogP contribution in [-0.2, 0) is 32.3 Å². The average Bonchev–Trinajstić information content (AvgIpc) is 2.73. The van der Waals surface area contributed by atoms with E-state index in [1.54, 1.807) is 38.1 Å². The molecule has 1 N–H and O–H groups in total. The Bertz CT molecular complexity index is 1230. The van der Waals surface area contributed by atoms with Crippen LogP contribution in [0, 0.1) is 0 Å². The molecule has 0 radical (unpaired) electrons. The van der Waals surface area contributed by atoms with Gasteiger partial charge in [-0.05, 0) is 56.7 Å². The molecule has 0 aliphatic carbocycles. The van der Waals surface area contributed by atoms with Crippen molar-refractivity contribution in [3.05, 3.63) is 63.1 Å². The molecule has 0 aliphatic heterocycles. The third-order valence-corrected chi connectivity index (χ3v) is 7.03. The molecule has 0 bridgehead atoms. The first-order valence-corrected chi connectivity index (χ1v) is 13.7. The highest BCUT2D eigenvalue weighted by Crippen LogP contribution is 2.37. The van der Waals surface area contributed by atoms with Gasteiger partial charge in [-0.15, -0.1) is 0 Å². The molecule has 2 aromatic carbocycles. The molecular formula is C23H26BrClF3N3O4S. The van der Waals surface area contributed by atoms with Crippen molar-refractivity contribution in [2.24, 2.45) is 0 Å². The molecule has 0 saturated heterocycles. The lowest BCUT2D eigenvalue weighted by Gasteiger charge is -2.32. The molecule has 0 spiro atoms. The van der Waals surface area contributed by atoms with Crippen molar-refractivity contribution in [3.63, 3.8) is 0 Å². The van der Waals surface area contributed by atoms with Crippen LogP contribution in [0.15, 0.2) is 46.9 Å². The molecule has 0 heterocycles. The minimum atomic E-state index is -4.84. The number of benzene rings is 2. The Morgan fingerprint density at radius 2 is 1.75 bits per heavy atom. The number of nitrogens with zero attached hydrogens (tertiary/aromatic N) is 2. The molecule has 36 heavy (non-hydrogen) atoms. The summed E-state index contributed by atoms with van der Waals surface area (Å²) < 4.78 is 66.5. The number of hydrogen-bond donors (Lipinski definition) is 1. The quantitative estimate of drug-likeness (QED) is 0.440. The van der Waals surface area contributed by atoms with Crippen molar-refractivity contribution in [1.29, 1.82) is 0 Å². The summed E-state index contributed by atoms with van der Waals surface area (Å²) in [6, 6.07) is 8.31. The molecule has 2 aromatic rings. The zero-order chi connectivity index (χ0) is 27.4. The van der Waals surface area contributed by atoms with E-state index in [0.717, 1.165) is 22.9 Å². The van der Waals surface area contributed by atoms with E-state index in [1.165, 1.54) is 11.8 Å². The lowest BCUT2D eigenvalue weighted by Crippen LogP contribution is -2.52. The molecule has 0 aliphatic rings. The molecule has 0 aromatic heterocycles. The number of rotatable bonds is 9. The van der Waals surface area contributed by atoms with Crippen LogP contribution in [-0.4, -0.2) is 50.0 Å². The maximum absolute atomic E-state index is 13.4. The summed E-state index contributed by atoms with van der Waals surface area (Å²) in [5, 5.41) is 2.10. The summed E-state index contributed by atoms with van der Waals surface area (Å²) in [6.45, 7) is 4.11. The van der Waals surface area contributed by atoms with Gasteiger partial charge in [0, 0.05) is 17.1 Å². The third-order valence-electron chi connectivity index (χ3n) is 5.06. The highest BCUT2D eigenvalue weighted by Gasteiger charge is 2.35. The lowest BCUT2D eigenvalue weighted by molar-refractivity contribution is -0.139. The van der Waals surface area contributed by atoms with E-state index in [0.29, 0.717) is 15.9 Å². The summed E-state index contributed by atoms with van der Waals surface area (Å²) in [5.74, 6) is -1.25. The van der Waals surface area contributed by atoms with Crippen LogP contribution in [0.25, 0.3) is 0 Å². The molecule has 13 heteroatoms. The number of carbonyl (C=O) groups is 2. The van der Waals surface area contributed by atoms with Crippen LogP contribution in [0.1, 0.15) is 31.9 Å². The maximum atomic E-state index is 13.4. The molecular weight excluding hydrogens is 587 g/mol. The van der Waals surface area contributed by atoms with Crippen LogP contribution >= 0.6 is 27.5 Å². The molecule has 0 saturated carbocycles. The average molecular weight is 613 g/mol. The van der Waals surface area contributed by atoms with Crippen LogP contribution in [0.3, 0.4) is 0 Å². The number of alkyl halides is 3. The van der Waals surface area contributed by atoms with E-state index in [1.807, 2.05) is 0 Å². The fourth-order valence-corrected chi connectivity index (χ4v) is 4.83. The standard InChI is InChI=1S/C23H26BrClF3N3O4S/c1-14(2)29-22(33)15(3)30(12-16-6-5-7-17(24)10-16)21(32)13-31(36(4,34)35)18-8-9-20(25)19(11-18)23(26,27)28/h5-11,14-15H,12-13H2,1-4H3,(H,29,33)/t15-/m0/s1. The van der Waals surface area contributed by atoms with Gasteiger partial charge in [0.05, 0.1) is 22.5 Å².